The second kappa shape index (κ2) is 9.44. The molecule has 8 nitrogen and oxygen atoms in total. The van der Waals surface area contributed by atoms with Crippen molar-refractivity contribution in [3.8, 4) is 11.5 Å². The first-order valence-corrected chi connectivity index (χ1v) is 10.9. The summed E-state index contributed by atoms with van der Waals surface area (Å²) in [5, 5.41) is 0.707. The van der Waals surface area contributed by atoms with Crippen LogP contribution in [-0.4, -0.2) is 61.2 Å². The van der Waals surface area contributed by atoms with Gasteiger partial charge in [-0.2, -0.15) is 4.98 Å². The summed E-state index contributed by atoms with van der Waals surface area (Å²) >= 11 is 3.41. The smallest absolute Gasteiger partial charge is 0.246 e. The lowest BCUT2D eigenvalue weighted by Gasteiger charge is -2.34. The van der Waals surface area contributed by atoms with Crippen molar-refractivity contribution >= 4 is 50.6 Å². The zero-order valence-electron chi connectivity index (χ0n) is 17.9. The number of nitrogens with two attached hydrogens (primary N) is 1. The van der Waals surface area contributed by atoms with E-state index in [4.69, 9.17) is 15.2 Å². The first-order valence-electron chi connectivity index (χ1n) is 10.1. The maximum atomic E-state index is 12.6. The lowest BCUT2D eigenvalue weighted by atomic mass is 10.2. The lowest BCUT2D eigenvalue weighted by Crippen LogP contribution is -2.48. The Balaban J connectivity index is 1.45. The zero-order valence-corrected chi connectivity index (χ0v) is 19.5. The van der Waals surface area contributed by atoms with E-state index in [-0.39, 0.29) is 5.91 Å². The van der Waals surface area contributed by atoms with Crippen LogP contribution in [0.2, 0.25) is 0 Å². The van der Waals surface area contributed by atoms with Crippen molar-refractivity contribution in [1.29, 1.82) is 0 Å². The summed E-state index contributed by atoms with van der Waals surface area (Å²) < 4.78 is 11.7. The maximum Gasteiger partial charge on any atom is 0.246 e. The molecule has 1 saturated heterocycles. The van der Waals surface area contributed by atoms with Gasteiger partial charge in [-0.15, -0.1) is 0 Å². The first-order chi connectivity index (χ1) is 15.5. The molecule has 1 aromatic heterocycles. The molecule has 2 heterocycles. The number of amides is 1. The molecule has 1 aliphatic rings. The third-order valence-electron chi connectivity index (χ3n) is 5.38. The summed E-state index contributed by atoms with van der Waals surface area (Å²) in [5.74, 6) is 2.06. The Morgan fingerprint density at radius 3 is 2.34 bits per heavy atom. The van der Waals surface area contributed by atoms with Gasteiger partial charge in [-0.25, -0.2) is 4.98 Å². The standard InChI is InChI=1S/C23H24BrN5O3/c1-31-19-13-17-18(14-20(19)32-2)26-23(27-22(17)25)29-11-9-28(10-12-29)21(30)8-5-15-3-6-16(24)7-4-15/h3-8,13-14H,9-12H2,1-2H3,(H2,25,26,27)/b8-5+. The number of piperazine rings is 1. The molecule has 166 valence electrons. The molecule has 4 rings (SSSR count). The number of methoxy groups -OCH3 is 2. The highest BCUT2D eigenvalue weighted by Crippen LogP contribution is 2.34. The largest absolute Gasteiger partial charge is 0.493 e. The van der Waals surface area contributed by atoms with Gasteiger partial charge in [0.1, 0.15) is 5.82 Å². The van der Waals surface area contributed by atoms with Crippen molar-refractivity contribution in [3.05, 3.63) is 52.5 Å². The summed E-state index contributed by atoms with van der Waals surface area (Å²) in [4.78, 5) is 25.6. The number of rotatable bonds is 5. The average molecular weight is 498 g/mol. The summed E-state index contributed by atoms with van der Waals surface area (Å²) in [6.07, 6.45) is 3.44. The molecule has 2 N–H and O–H groups in total. The van der Waals surface area contributed by atoms with E-state index in [0.29, 0.717) is 60.3 Å². The fourth-order valence-corrected chi connectivity index (χ4v) is 3.85. The van der Waals surface area contributed by atoms with E-state index in [1.807, 2.05) is 40.1 Å². The van der Waals surface area contributed by atoms with Crippen LogP contribution >= 0.6 is 15.9 Å². The van der Waals surface area contributed by atoms with Gasteiger partial charge >= 0.3 is 0 Å². The minimum atomic E-state index is -0.0108. The summed E-state index contributed by atoms with van der Waals surface area (Å²) in [6.45, 7) is 2.40. The third-order valence-corrected chi connectivity index (χ3v) is 5.91. The normalized spacial score (nSPS) is 14.2. The van der Waals surface area contributed by atoms with Crippen LogP contribution in [0.3, 0.4) is 0 Å². The molecule has 2 aromatic carbocycles. The van der Waals surface area contributed by atoms with E-state index < -0.39 is 0 Å². The number of nitrogen functional groups attached to an aromatic ring is 1. The molecule has 0 atom stereocenters. The highest BCUT2D eigenvalue weighted by molar-refractivity contribution is 9.10. The predicted octanol–water partition coefficient (Wildman–Crippen LogP) is 3.35. The Bertz CT molecular complexity index is 1160. The number of benzene rings is 2. The Morgan fingerprint density at radius 1 is 1.03 bits per heavy atom. The molecule has 0 bridgehead atoms. The van der Waals surface area contributed by atoms with Crippen LogP contribution in [0.1, 0.15) is 5.56 Å². The van der Waals surface area contributed by atoms with Gasteiger partial charge in [0.05, 0.1) is 19.7 Å². The lowest BCUT2D eigenvalue weighted by molar-refractivity contribution is -0.126. The predicted molar refractivity (Wildman–Crippen MR) is 129 cm³/mol. The molecule has 32 heavy (non-hydrogen) atoms. The maximum absolute atomic E-state index is 12.6. The molecule has 0 unspecified atom stereocenters. The number of nitrogens with zero attached hydrogens (tertiary/aromatic N) is 4. The number of carbonyl (C=O) groups excluding carboxylic acids is 1. The van der Waals surface area contributed by atoms with E-state index in [9.17, 15) is 4.79 Å². The van der Waals surface area contributed by atoms with Crippen LogP contribution in [0.25, 0.3) is 17.0 Å². The van der Waals surface area contributed by atoms with Gasteiger partial charge in [0.2, 0.25) is 11.9 Å². The van der Waals surface area contributed by atoms with Gasteiger partial charge < -0.3 is 25.0 Å². The number of ether oxygens (including phenoxy) is 2. The van der Waals surface area contributed by atoms with Crippen LogP contribution < -0.4 is 20.1 Å². The van der Waals surface area contributed by atoms with E-state index in [2.05, 4.69) is 25.9 Å². The monoisotopic (exact) mass is 497 g/mol. The molecule has 0 saturated carbocycles. The van der Waals surface area contributed by atoms with Gasteiger partial charge in [0, 0.05) is 48.2 Å². The number of anilines is 2. The highest BCUT2D eigenvalue weighted by Gasteiger charge is 2.22. The highest BCUT2D eigenvalue weighted by atomic mass is 79.9. The second-order valence-electron chi connectivity index (χ2n) is 7.33. The minimum Gasteiger partial charge on any atom is -0.493 e. The molecule has 0 spiro atoms. The van der Waals surface area contributed by atoms with Crippen molar-refractivity contribution in [1.82, 2.24) is 14.9 Å². The van der Waals surface area contributed by atoms with E-state index in [1.54, 1.807) is 32.4 Å². The Hall–Kier alpha value is -3.33. The molecule has 1 fully saturated rings. The number of fused-ring (bicyclic) bond motifs is 1. The van der Waals surface area contributed by atoms with Crippen molar-refractivity contribution in [3.63, 3.8) is 0 Å². The topological polar surface area (TPSA) is 93.8 Å². The molecular weight excluding hydrogens is 474 g/mol. The third kappa shape index (κ3) is 4.62. The van der Waals surface area contributed by atoms with Gasteiger partial charge in [-0.1, -0.05) is 28.1 Å². The van der Waals surface area contributed by atoms with Crippen LogP contribution in [0.4, 0.5) is 11.8 Å². The van der Waals surface area contributed by atoms with Gasteiger partial charge in [0.25, 0.3) is 0 Å². The van der Waals surface area contributed by atoms with E-state index in [0.717, 1.165) is 10.0 Å². The summed E-state index contributed by atoms with van der Waals surface area (Å²) in [5.41, 5.74) is 7.87. The molecule has 0 radical (unpaired) electrons. The number of hydrogen-bond donors (Lipinski definition) is 1. The van der Waals surface area contributed by atoms with Crippen LogP contribution in [0.15, 0.2) is 46.9 Å². The Morgan fingerprint density at radius 2 is 1.69 bits per heavy atom. The van der Waals surface area contributed by atoms with Crippen LogP contribution in [-0.2, 0) is 4.79 Å². The summed E-state index contributed by atoms with van der Waals surface area (Å²) in [7, 11) is 3.15. The number of halogens is 1. The van der Waals surface area contributed by atoms with Crippen molar-refractivity contribution in [2.75, 3.05) is 51.0 Å². The number of hydrogen-bond acceptors (Lipinski definition) is 7. The number of aromatic nitrogens is 2. The molecular formula is C23H24BrN5O3. The van der Waals surface area contributed by atoms with Gasteiger partial charge in [-0.3, -0.25) is 4.79 Å². The minimum absolute atomic E-state index is 0.0108. The van der Waals surface area contributed by atoms with Crippen molar-refractivity contribution < 1.29 is 14.3 Å². The second-order valence-corrected chi connectivity index (χ2v) is 8.25. The fourth-order valence-electron chi connectivity index (χ4n) is 3.58. The van der Waals surface area contributed by atoms with E-state index in [1.165, 1.54) is 0 Å². The van der Waals surface area contributed by atoms with Crippen LogP contribution in [0.5, 0.6) is 11.5 Å². The van der Waals surface area contributed by atoms with Crippen molar-refractivity contribution in [2.24, 2.45) is 0 Å². The summed E-state index contributed by atoms with van der Waals surface area (Å²) in [6, 6.07) is 11.4. The molecule has 3 aromatic rings. The Kier molecular flexibility index (Phi) is 6.45. The zero-order chi connectivity index (χ0) is 22.7. The molecule has 1 aliphatic heterocycles. The number of carbonyl (C=O) groups is 1. The fraction of sp³-hybridized carbons (Fsp3) is 0.261. The van der Waals surface area contributed by atoms with Crippen molar-refractivity contribution in [2.45, 2.75) is 0 Å². The van der Waals surface area contributed by atoms with Gasteiger partial charge in [0.15, 0.2) is 11.5 Å². The quantitative estimate of drug-likeness (QED) is 0.540. The van der Waals surface area contributed by atoms with E-state index >= 15 is 0 Å². The van der Waals surface area contributed by atoms with Crippen LogP contribution in [0, 0.1) is 0 Å². The molecule has 0 aliphatic carbocycles. The Labute approximate surface area is 194 Å². The average Bonchev–Trinajstić information content (AvgIpc) is 2.82. The van der Waals surface area contributed by atoms with Gasteiger partial charge in [-0.05, 0) is 29.8 Å². The SMILES string of the molecule is COc1cc2nc(N3CCN(C(=O)/C=C/c4ccc(Br)cc4)CC3)nc(N)c2cc1OC. The first kappa shape index (κ1) is 21.9. The molecule has 1 amide bonds. The molecule has 9 heteroatoms.